The monoisotopic (exact) mass is 276 g/mol. The number of carbonyl (C=O) groups excluding carboxylic acids is 1. The first-order chi connectivity index (χ1) is 9.65. The van der Waals surface area contributed by atoms with Crippen molar-refractivity contribution in [2.24, 2.45) is 11.8 Å². The first kappa shape index (κ1) is 13.6. The van der Waals surface area contributed by atoms with E-state index in [1.165, 1.54) is 0 Å². The molecule has 0 saturated carbocycles. The van der Waals surface area contributed by atoms with Crippen LogP contribution in [-0.4, -0.2) is 24.5 Å². The van der Waals surface area contributed by atoms with Gasteiger partial charge in [0.2, 0.25) is 6.29 Å². The molecule has 108 valence electrons. The third-order valence-corrected chi connectivity index (χ3v) is 4.26. The van der Waals surface area contributed by atoms with Gasteiger partial charge in [-0.15, -0.1) is 0 Å². The molecule has 0 spiro atoms. The molecular formula is C16H20O4. The number of ether oxygens (including phenoxy) is 3. The van der Waals surface area contributed by atoms with Gasteiger partial charge >= 0.3 is 5.97 Å². The number of esters is 1. The number of fused-ring (bicyclic) bond motifs is 2. The fraction of sp³-hybridized carbons (Fsp3) is 0.562. The standard InChI is InChI=1S/C16H20O4/c1-10-13-8-14(17)20-16(19-13)11(2)15(10)18-9-12-6-4-3-5-7-12/h3-7,10-11,13,15-16H,8-9H2,1-2H3/t10-,11-,13+,15-,16-/m1/s1. The van der Waals surface area contributed by atoms with Crippen LogP contribution in [0.15, 0.2) is 30.3 Å². The number of hydrogen-bond donors (Lipinski definition) is 0. The van der Waals surface area contributed by atoms with E-state index in [1.54, 1.807) is 0 Å². The van der Waals surface area contributed by atoms with Crippen LogP contribution < -0.4 is 0 Å². The molecule has 2 heterocycles. The lowest BCUT2D eigenvalue weighted by atomic mass is 9.83. The van der Waals surface area contributed by atoms with E-state index in [0.29, 0.717) is 13.0 Å². The average molecular weight is 276 g/mol. The summed E-state index contributed by atoms with van der Waals surface area (Å²) in [6.45, 7) is 4.69. The van der Waals surface area contributed by atoms with Crippen molar-refractivity contribution in [3.63, 3.8) is 0 Å². The maximum absolute atomic E-state index is 11.5. The summed E-state index contributed by atoms with van der Waals surface area (Å²) in [7, 11) is 0. The maximum Gasteiger partial charge on any atom is 0.310 e. The Morgan fingerprint density at radius 2 is 1.95 bits per heavy atom. The first-order valence-corrected chi connectivity index (χ1v) is 7.15. The molecule has 0 aromatic heterocycles. The van der Waals surface area contributed by atoms with Crippen LogP contribution in [0, 0.1) is 11.8 Å². The highest BCUT2D eigenvalue weighted by Crippen LogP contribution is 2.37. The summed E-state index contributed by atoms with van der Waals surface area (Å²) in [5, 5.41) is 0. The molecule has 1 aromatic carbocycles. The predicted octanol–water partition coefficient (Wildman–Crippen LogP) is 2.52. The number of hydrogen-bond acceptors (Lipinski definition) is 4. The van der Waals surface area contributed by atoms with E-state index >= 15 is 0 Å². The summed E-state index contributed by atoms with van der Waals surface area (Å²) < 4.78 is 17.1. The highest BCUT2D eigenvalue weighted by atomic mass is 16.7. The molecule has 5 atom stereocenters. The van der Waals surface area contributed by atoms with Crippen molar-refractivity contribution < 1.29 is 19.0 Å². The van der Waals surface area contributed by atoms with E-state index in [1.807, 2.05) is 25.1 Å². The molecule has 2 fully saturated rings. The van der Waals surface area contributed by atoms with Crippen molar-refractivity contribution in [1.29, 1.82) is 0 Å². The summed E-state index contributed by atoms with van der Waals surface area (Å²) in [6.07, 6.45) is -0.168. The van der Waals surface area contributed by atoms with Crippen LogP contribution in [0.25, 0.3) is 0 Å². The lowest BCUT2D eigenvalue weighted by molar-refractivity contribution is -0.285. The highest BCUT2D eigenvalue weighted by Gasteiger charge is 2.47. The molecule has 2 bridgehead atoms. The second kappa shape index (κ2) is 5.54. The Labute approximate surface area is 119 Å². The molecule has 0 radical (unpaired) electrons. The van der Waals surface area contributed by atoms with Crippen LogP contribution in [0.1, 0.15) is 25.8 Å². The quantitative estimate of drug-likeness (QED) is 0.796. The SMILES string of the molecule is C[C@H]1[C@H]2OC(=O)C[C@H](O2)[C@@H](C)[C@H]1OCc1ccccc1. The fourth-order valence-corrected chi connectivity index (χ4v) is 3.05. The van der Waals surface area contributed by atoms with Gasteiger partial charge in [0.05, 0.1) is 25.2 Å². The Morgan fingerprint density at radius 3 is 2.70 bits per heavy atom. The number of carbonyl (C=O) groups is 1. The topological polar surface area (TPSA) is 44.8 Å². The van der Waals surface area contributed by atoms with Gasteiger partial charge in [-0.05, 0) is 5.56 Å². The van der Waals surface area contributed by atoms with E-state index in [2.05, 4.69) is 19.1 Å². The van der Waals surface area contributed by atoms with Crippen LogP contribution in [0.2, 0.25) is 0 Å². The van der Waals surface area contributed by atoms with E-state index in [-0.39, 0.29) is 30.0 Å². The molecule has 4 nitrogen and oxygen atoms in total. The van der Waals surface area contributed by atoms with Crippen LogP contribution in [0.3, 0.4) is 0 Å². The predicted molar refractivity (Wildman–Crippen MR) is 72.7 cm³/mol. The fourth-order valence-electron chi connectivity index (χ4n) is 3.05. The average Bonchev–Trinajstić information content (AvgIpc) is 2.46. The van der Waals surface area contributed by atoms with Gasteiger partial charge in [0.15, 0.2) is 0 Å². The van der Waals surface area contributed by atoms with Crippen LogP contribution in [0.4, 0.5) is 0 Å². The number of rotatable bonds is 3. The second-order valence-corrected chi connectivity index (χ2v) is 5.72. The molecule has 1 aromatic rings. The Balaban J connectivity index is 1.68. The van der Waals surface area contributed by atoms with E-state index in [9.17, 15) is 4.79 Å². The Kier molecular flexibility index (Phi) is 3.76. The molecule has 4 heteroatoms. The van der Waals surface area contributed by atoms with E-state index < -0.39 is 6.29 Å². The Hall–Kier alpha value is -1.39. The van der Waals surface area contributed by atoms with Gasteiger partial charge in [0.25, 0.3) is 0 Å². The minimum atomic E-state index is -0.460. The molecule has 0 N–H and O–H groups in total. The zero-order valence-electron chi connectivity index (χ0n) is 11.8. The summed E-state index contributed by atoms with van der Waals surface area (Å²) in [4.78, 5) is 11.5. The normalized spacial score (nSPS) is 36.5. The van der Waals surface area contributed by atoms with Crippen molar-refractivity contribution >= 4 is 5.97 Å². The molecule has 0 unspecified atom stereocenters. The Bertz CT molecular complexity index is 453. The van der Waals surface area contributed by atoms with Gasteiger partial charge in [-0.2, -0.15) is 0 Å². The smallest absolute Gasteiger partial charge is 0.310 e. The molecule has 3 rings (SSSR count). The van der Waals surface area contributed by atoms with Crippen molar-refractivity contribution in [3.8, 4) is 0 Å². The van der Waals surface area contributed by atoms with Gasteiger partial charge in [-0.3, -0.25) is 4.79 Å². The first-order valence-electron chi connectivity index (χ1n) is 7.15. The molecule has 2 aliphatic rings. The minimum absolute atomic E-state index is 0.0482. The zero-order chi connectivity index (χ0) is 14.1. The zero-order valence-corrected chi connectivity index (χ0v) is 11.8. The Morgan fingerprint density at radius 1 is 1.20 bits per heavy atom. The minimum Gasteiger partial charge on any atom is -0.435 e. The van der Waals surface area contributed by atoms with Gasteiger partial charge < -0.3 is 14.2 Å². The molecule has 0 aliphatic carbocycles. The largest absolute Gasteiger partial charge is 0.435 e. The molecular weight excluding hydrogens is 256 g/mol. The van der Waals surface area contributed by atoms with Crippen molar-refractivity contribution in [1.82, 2.24) is 0 Å². The molecule has 2 aliphatic heterocycles. The third-order valence-electron chi connectivity index (χ3n) is 4.26. The van der Waals surface area contributed by atoms with E-state index in [4.69, 9.17) is 14.2 Å². The number of benzene rings is 1. The summed E-state index contributed by atoms with van der Waals surface area (Å²) in [5.41, 5.74) is 1.15. The molecule has 20 heavy (non-hydrogen) atoms. The van der Waals surface area contributed by atoms with Crippen molar-refractivity contribution in [2.45, 2.75) is 45.4 Å². The lowest BCUT2D eigenvalue weighted by Crippen LogP contribution is -2.55. The summed E-state index contributed by atoms with van der Waals surface area (Å²) in [5.74, 6) is 0.0819. The van der Waals surface area contributed by atoms with Gasteiger partial charge in [0.1, 0.15) is 0 Å². The summed E-state index contributed by atoms with van der Waals surface area (Å²) >= 11 is 0. The lowest BCUT2D eigenvalue weighted by Gasteiger charge is -2.46. The van der Waals surface area contributed by atoms with Crippen molar-refractivity contribution in [3.05, 3.63) is 35.9 Å². The van der Waals surface area contributed by atoms with Crippen LogP contribution in [-0.2, 0) is 25.6 Å². The van der Waals surface area contributed by atoms with Gasteiger partial charge in [-0.1, -0.05) is 44.2 Å². The summed E-state index contributed by atoms with van der Waals surface area (Å²) in [6, 6.07) is 10.1. The van der Waals surface area contributed by atoms with Crippen LogP contribution >= 0.6 is 0 Å². The third kappa shape index (κ3) is 2.58. The van der Waals surface area contributed by atoms with Gasteiger partial charge in [0, 0.05) is 11.8 Å². The van der Waals surface area contributed by atoms with Gasteiger partial charge in [-0.25, -0.2) is 0 Å². The molecule has 2 saturated heterocycles. The second-order valence-electron chi connectivity index (χ2n) is 5.72. The van der Waals surface area contributed by atoms with E-state index in [0.717, 1.165) is 5.56 Å². The maximum atomic E-state index is 11.5. The van der Waals surface area contributed by atoms with Crippen molar-refractivity contribution in [2.75, 3.05) is 0 Å². The molecule has 0 amide bonds. The highest BCUT2D eigenvalue weighted by molar-refractivity contribution is 5.70. The van der Waals surface area contributed by atoms with Crippen LogP contribution in [0.5, 0.6) is 0 Å².